The van der Waals surface area contributed by atoms with Crippen molar-refractivity contribution >= 4 is 10.9 Å². The van der Waals surface area contributed by atoms with Crippen LogP contribution in [0, 0.1) is 5.41 Å². The number of ether oxygens (including phenoxy) is 1. The van der Waals surface area contributed by atoms with Gasteiger partial charge in [-0.3, -0.25) is 0 Å². The third kappa shape index (κ3) is 2.27. The van der Waals surface area contributed by atoms with Crippen LogP contribution in [0.25, 0.3) is 10.9 Å². The van der Waals surface area contributed by atoms with Crippen LogP contribution in [0.3, 0.4) is 0 Å². The lowest BCUT2D eigenvalue weighted by Crippen LogP contribution is -2.54. The van der Waals surface area contributed by atoms with E-state index in [1.165, 1.54) is 16.5 Å². The van der Waals surface area contributed by atoms with E-state index in [-0.39, 0.29) is 5.41 Å². The zero-order valence-corrected chi connectivity index (χ0v) is 11.4. The molecule has 1 aliphatic heterocycles. The summed E-state index contributed by atoms with van der Waals surface area (Å²) in [4.78, 5) is 0. The van der Waals surface area contributed by atoms with Crippen molar-refractivity contribution in [3.8, 4) is 0 Å². The van der Waals surface area contributed by atoms with Gasteiger partial charge in [0.2, 0.25) is 0 Å². The van der Waals surface area contributed by atoms with Gasteiger partial charge in [0.05, 0.1) is 13.2 Å². The molecule has 102 valence electrons. The number of aromatic nitrogens is 1. The first kappa shape index (κ1) is 12.7. The summed E-state index contributed by atoms with van der Waals surface area (Å²) in [6, 6.07) is 8.50. The van der Waals surface area contributed by atoms with E-state index in [4.69, 9.17) is 10.5 Å². The van der Waals surface area contributed by atoms with Gasteiger partial charge in [0, 0.05) is 49.2 Å². The van der Waals surface area contributed by atoms with Crippen molar-refractivity contribution in [3.63, 3.8) is 0 Å². The van der Waals surface area contributed by atoms with Crippen molar-refractivity contribution in [1.82, 2.24) is 9.88 Å². The topological polar surface area (TPSA) is 52.2 Å². The highest BCUT2D eigenvalue weighted by molar-refractivity contribution is 5.83. The van der Waals surface area contributed by atoms with Gasteiger partial charge in [-0.1, -0.05) is 18.2 Å². The summed E-state index contributed by atoms with van der Waals surface area (Å²) in [6.45, 7) is 4.06. The van der Waals surface area contributed by atoms with Crippen LogP contribution in [0.15, 0.2) is 30.5 Å². The maximum absolute atomic E-state index is 5.82. The summed E-state index contributed by atoms with van der Waals surface area (Å²) >= 11 is 0. The molecule has 0 unspecified atom stereocenters. The quantitative estimate of drug-likeness (QED) is 0.849. The number of fused-ring (bicyclic) bond motifs is 1. The number of rotatable bonds is 5. The van der Waals surface area contributed by atoms with Crippen LogP contribution in [0.2, 0.25) is 0 Å². The second-order valence-corrected chi connectivity index (χ2v) is 5.58. The molecule has 4 heteroatoms. The van der Waals surface area contributed by atoms with E-state index in [0.717, 1.165) is 26.3 Å². The number of para-hydroxylation sites is 1. The lowest BCUT2D eigenvalue weighted by Gasteiger charge is -2.40. The van der Waals surface area contributed by atoms with Gasteiger partial charge in [0.15, 0.2) is 0 Å². The molecule has 2 heterocycles. The lowest BCUT2D eigenvalue weighted by atomic mass is 9.86. The van der Waals surface area contributed by atoms with Gasteiger partial charge < -0.3 is 20.4 Å². The predicted molar refractivity (Wildman–Crippen MR) is 76.9 cm³/mol. The summed E-state index contributed by atoms with van der Waals surface area (Å²) in [5.41, 5.74) is 8.59. The molecule has 19 heavy (non-hydrogen) atoms. The molecular weight excluding hydrogens is 238 g/mol. The van der Waals surface area contributed by atoms with Crippen LogP contribution in [0.5, 0.6) is 0 Å². The molecule has 3 N–H and O–H groups in total. The molecule has 1 aromatic heterocycles. The molecule has 0 spiro atoms. The molecule has 1 aliphatic rings. The van der Waals surface area contributed by atoms with Gasteiger partial charge in [0.25, 0.3) is 0 Å². The highest BCUT2D eigenvalue weighted by Gasteiger charge is 2.36. The summed E-state index contributed by atoms with van der Waals surface area (Å²) in [6.07, 6.45) is 2.20. The van der Waals surface area contributed by atoms with Crippen LogP contribution in [-0.2, 0) is 18.3 Å². The van der Waals surface area contributed by atoms with E-state index < -0.39 is 0 Å². The van der Waals surface area contributed by atoms with Crippen molar-refractivity contribution in [2.75, 3.05) is 26.3 Å². The highest BCUT2D eigenvalue weighted by Crippen LogP contribution is 2.25. The fraction of sp³-hybridized carbons (Fsp3) is 0.467. The Morgan fingerprint density at radius 3 is 2.84 bits per heavy atom. The summed E-state index contributed by atoms with van der Waals surface area (Å²) in [7, 11) is 2.09. The maximum atomic E-state index is 5.82. The maximum Gasteiger partial charge on any atom is 0.0569 e. The summed E-state index contributed by atoms with van der Waals surface area (Å²) in [5, 5.41) is 4.85. The molecule has 3 rings (SSSR count). The Morgan fingerprint density at radius 1 is 1.37 bits per heavy atom. The number of hydrogen-bond acceptors (Lipinski definition) is 3. The van der Waals surface area contributed by atoms with Gasteiger partial charge in [-0.2, -0.15) is 0 Å². The monoisotopic (exact) mass is 259 g/mol. The van der Waals surface area contributed by atoms with Gasteiger partial charge in [-0.25, -0.2) is 0 Å². The Morgan fingerprint density at radius 2 is 2.16 bits per heavy atom. The third-order valence-electron chi connectivity index (χ3n) is 4.04. The number of nitrogens with one attached hydrogen (secondary N) is 1. The Kier molecular flexibility index (Phi) is 3.31. The molecular formula is C15H21N3O. The number of aryl methyl sites for hydroxylation is 1. The summed E-state index contributed by atoms with van der Waals surface area (Å²) in [5.74, 6) is 0. The van der Waals surface area contributed by atoms with E-state index >= 15 is 0 Å². The van der Waals surface area contributed by atoms with Crippen LogP contribution in [0.4, 0.5) is 0 Å². The second kappa shape index (κ2) is 4.96. The Hall–Kier alpha value is -1.36. The fourth-order valence-corrected chi connectivity index (χ4v) is 2.71. The first-order valence-electron chi connectivity index (χ1n) is 6.76. The minimum absolute atomic E-state index is 0.157. The third-order valence-corrected chi connectivity index (χ3v) is 4.04. The zero-order valence-electron chi connectivity index (χ0n) is 11.4. The molecule has 0 radical (unpaired) electrons. The van der Waals surface area contributed by atoms with Gasteiger partial charge in [0.1, 0.15) is 0 Å². The smallest absolute Gasteiger partial charge is 0.0569 e. The van der Waals surface area contributed by atoms with Crippen molar-refractivity contribution in [2.24, 2.45) is 18.2 Å². The van der Waals surface area contributed by atoms with Crippen LogP contribution in [-0.4, -0.2) is 30.9 Å². The van der Waals surface area contributed by atoms with Crippen LogP contribution in [0.1, 0.15) is 5.56 Å². The molecule has 1 aromatic carbocycles. The fourth-order valence-electron chi connectivity index (χ4n) is 2.71. The molecule has 2 aromatic rings. The number of hydrogen-bond donors (Lipinski definition) is 2. The van der Waals surface area contributed by atoms with Crippen molar-refractivity contribution in [2.45, 2.75) is 6.54 Å². The van der Waals surface area contributed by atoms with Crippen LogP contribution >= 0.6 is 0 Å². The summed E-state index contributed by atoms with van der Waals surface area (Å²) < 4.78 is 7.46. The standard InChI is InChI=1S/C15H21N3O/c1-18-7-12(13-4-2-3-5-14(13)18)6-17-9-15(8-16)10-19-11-15/h2-5,7,17H,6,8-11,16H2,1H3. The molecule has 4 nitrogen and oxygen atoms in total. The predicted octanol–water partition coefficient (Wildman–Crippen LogP) is 1.24. The normalized spacial score (nSPS) is 17.6. The minimum atomic E-state index is 0.157. The van der Waals surface area contributed by atoms with E-state index in [1.807, 2.05) is 0 Å². The molecule has 1 saturated heterocycles. The van der Waals surface area contributed by atoms with Gasteiger partial charge in [-0.15, -0.1) is 0 Å². The first-order valence-corrected chi connectivity index (χ1v) is 6.76. The van der Waals surface area contributed by atoms with E-state index in [9.17, 15) is 0 Å². The van der Waals surface area contributed by atoms with Crippen molar-refractivity contribution in [1.29, 1.82) is 0 Å². The highest BCUT2D eigenvalue weighted by atomic mass is 16.5. The van der Waals surface area contributed by atoms with E-state index in [2.05, 4.69) is 47.4 Å². The molecule has 0 amide bonds. The number of nitrogens with two attached hydrogens (primary N) is 1. The molecule has 0 atom stereocenters. The van der Waals surface area contributed by atoms with Crippen LogP contribution < -0.4 is 11.1 Å². The molecule has 1 fully saturated rings. The zero-order chi connectivity index (χ0) is 13.3. The molecule has 0 aliphatic carbocycles. The Labute approximate surface area is 113 Å². The van der Waals surface area contributed by atoms with Gasteiger partial charge in [-0.05, 0) is 11.6 Å². The molecule has 0 bridgehead atoms. The number of benzene rings is 1. The van der Waals surface area contributed by atoms with Crippen molar-refractivity contribution in [3.05, 3.63) is 36.0 Å². The molecule has 0 saturated carbocycles. The average Bonchev–Trinajstić information content (AvgIpc) is 2.71. The van der Waals surface area contributed by atoms with E-state index in [1.54, 1.807) is 0 Å². The largest absolute Gasteiger partial charge is 0.380 e. The lowest BCUT2D eigenvalue weighted by molar-refractivity contribution is -0.105. The number of nitrogens with zero attached hydrogens (tertiary/aromatic N) is 1. The first-order chi connectivity index (χ1) is 9.24. The van der Waals surface area contributed by atoms with Gasteiger partial charge >= 0.3 is 0 Å². The van der Waals surface area contributed by atoms with Crippen molar-refractivity contribution < 1.29 is 4.74 Å². The second-order valence-electron chi connectivity index (χ2n) is 5.58. The van der Waals surface area contributed by atoms with E-state index in [0.29, 0.717) is 6.54 Å². The Balaban J connectivity index is 1.69. The minimum Gasteiger partial charge on any atom is -0.380 e. The Bertz CT molecular complexity index is 566. The average molecular weight is 259 g/mol. The SMILES string of the molecule is Cn1cc(CNCC2(CN)COC2)c2ccccc21.